The van der Waals surface area contributed by atoms with E-state index in [0.717, 1.165) is 0 Å². The molecule has 0 spiro atoms. The Hall–Kier alpha value is -0.540. The topological polar surface area (TPSA) is 110 Å². The van der Waals surface area contributed by atoms with Crippen LogP contribution in [0.2, 0.25) is 0 Å². The zero-order valence-electron chi connectivity index (χ0n) is 13.2. The van der Waals surface area contributed by atoms with Crippen LogP contribution >= 0.6 is 11.8 Å². The number of amides is 2. The van der Waals surface area contributed by atoms with Gasteiger partial charge in [-0.15, -0.1) is 11.8 Å². The van der Waals surface area contributed by atoms with Gasteiger partial charge in [0.05, 0.1) is 29.7 Å². The number of carbonyl (C=O) groups excluding carboxylic acids is 3. The third kappa shape index (κ3) is 2.95. The van der Waals surface area contributed by atoms with Crippen molar-refractivity contribution in [1.29, 1.82) is 0 Å². The van der Waals surface area contributed by atoms with Crippen LogP contribution in [-0.2, 0) is 14.4 Å². The van der Waals surface area contributed by atoms with Crippen molar-refractivity contribution in [2.24, 2.45) is 11.8 Å². The molecule has 0 saturated carbocycles. The maximum atomic E-state index is 12.1. The molecular formula is C14H17N2NaO5S. The maximum absolute atomic E-state index is 12.1. The van der Waals surface area contributed by atoms with Crippen LogP contribution in [0.4, 0.5) is 0 Å². The van der Waals surface area contributed by atoms with E-state index in [4.69, 9.17) is 0 Å². The SMILES string of the molecule is C[C@@H](O)[C@H]1C(=O)N2C(C(=O)[O-])=C(SC3CNC(=O)C3)[C@H](C)[C@H]12.[Na+]. The number of carbonyl (C=O) groups is 3. The largest absolute Gasteiger partial charge is 1.00 e. The van der Waals surface area contributed by atoms with Crippen LogP contribution in [0.5, 0.6) is 0 Å². The molecule has 7 nitrogen and oxygen atoms in total. The number of hydrogen-bond acceptors (Lipinski definition) is 6. The van der Waals surface area contributed by atoms with Crippen LogP contribution < -0.4 is 40.0 Å². The van der Waals surface area contributed by atoms with Gasteiger partial charge in [0.1, 0.15) is 0 Å². The second-order valence-electron chi connectivity index (χ2n) is 6.00. The first-order valence-corrected chi connectivity index (χ1v) is 8.11. The van der Waals surface area contributed by atoms with Crippen molar-refractivity contribution in [2.75, 3.05) is 6.54 Å². The minimum absolute atomic E-state index is 0. The van der Waals surface area contributed by atoms with Gasteiger partial charge in [-0.25, -0.2) is 0 Å². The maximum Gasteiger partial charge on any atom is 1.00 e. The molecule has 3 aliphatic heterocycles. The van der Waals surface area contributed by atoms with Gasteiger partial charge in [0.2, 0.25) is 11.8 Å². The number of aliphatic carboxylic acids is 1. The number of β-lactam (4-membered cyclic amide) rings is 1. The van der Waals surface area contributed by atoms with E-state index < -0.39 is 18.0 Å². The summed E-state index contributed by atoms with van der Waals surface area (Å²) in [4.78, 5) is 36.7. The average molecular weight is 348 g/mol. The molecule has 0 aromatic heterocycles. The summed E-state index contributed by atoms with van der Waals surface area (Å²) in [5, 5.41) is 23.9. The van der Waals surface area contributed by atoms with Crippen LogP contribution in [0.3, 0.4) is 0 Å². The van der Waals surface area contributed by atoms with Crippen molar-refractivity contribution in [3.8, 4) is 0 Å². The summed E-state index contributed by atoms with van der Waals surface area (Å²) in [6.07, 6.45) is -0.488. The Morgan fingerprint density at radius 3 is 2.61 bits per heavy atom. The van der Waals surface area contributed by atoms with Gasteiger partial charge in [-0.1, -0.05) is 6.92 Å². The van der Waals surface area contributed by atoms with Crippen LogP contribution in [0.25, 0.3) is 0 Å². The second-order valence-corrected chi connectivity index (χ2v) is 7.34. The van der Waals surface area contributed by atoms with Crippen LogP contribution in [0, 0.1) is 11.8 Å². The van der Waals surface area contributed by atoms with Gasteiger partial charge in [-0.3, -0.25) is 9.59 Å². The Balaban J connectivity index is 0.00000192. The van der Waals surface area contributed by atoms with Crippen molar-refractivity contribution in [3.05, 3.63) is 10.6 Å². The molecule has 2 saturated heterocycles. The third-order valence-corrected chi connectivity index (χ3v) is 6.02. The second kappa shape index (κ2) is 6.76. The zero-order chi connectivity index (χ0) is 16.2. The molecule has 3 heterocycles. The van der Waals surface area contributed by atoms with E-state index in [1.165, 1.54) is 23.6 Å². The first-order valence-electron chi connectivity index (χ1n) is 7.23. The van der Waals surface area contributed by atoms with Crippen LogP contribution in [-0.4, -0.2) is 51.7 Å². The quantitative estimate of drug-likeness (QED) is 0.391. The van der Waals surface area contributed by atoms with Crippen molar-refractivity contribution >= 4 is 29.5 Å². The van der Waals surface area contributed by atoms with Crippen LogP contribution in [0.15, 0.2) is 10.6 Å². The van der Waals surface area contributed by atoms with Gasteiger partial charge < -0.3 is 25.2 Å². The molecule has 5 atom stereocenters. The van der Waals surface area contributed by atoms with Gasteiger partial charge >= 0.3 is 29.6 Å². The van der Waals surface area contributed by atoms with Gasteiger partial charge in [-0.2, -0.15) is 0 Å². The third-order valence-electron chi connectivity index (χ3n) is 4.54. The predicted molar refractivity (Wildman–Crippen MR) is 76.0 cm³/mol. The number of rotatable bonds is 4. The van der Waals surface area contributed by atoms with Gasteiger partial charge in [-0.05, 0) is 6.92 Å². The van der Waals surface area contributed by atoms with E-state index in [1.807, 2.05) is 6.92 Å². The van der Waals surface area contributed by atoms with Gasteiger partial charge in [0, 0.05) is 29.0 Å². The fourth-order valence-electron chi connectivity index (χ4n) is 3.51. The molecule has 1 unspecified atom stereocenters. The smallest absolute Gasteiger partial charge is 0.543 e. The van der Waals surface area contributed by atoms with E-state index in [1.54, 1.807) is 0 Å². The van der Waals surface area contributed by atoms with E-state index in [9.17, 15) is 24.6 Å². The zero-order valence-corrected chi connectivity index (χ0v) is 16.1. The average Bonchev–Trinajstić information content (AvgIpc) is 2.92. The number of nitrogens with zero attached hydrogens (tertiary/aromatic N) is 1. The molecule has 3 aliphatic rings. The first kappa shape index (κ1) is 18.8. The Bertz CT molecular complexity index is 594. The summed E-state index contributed by atoms with van der Waals surface area (Å²) in [5.74, 6) is -2.58. The number of aliphatic hydroxyl groups excluding tert-OH is 1. The number of carboxylic acid groups (broad SMARTS) is 1. The molecule has 2 fully saturated rings. The summed E-state index contributed by atoms with van der Waals surface area (Å²) in [6.45, 7) is 3.87. The summed E-state index contributed by atoms with van der Waals surface area (Å²) in [5.41, 5.74) is -0.0938. The molecule has 0 radical (unpaired) electrons. The molecule has 120 valence electrons. The minimum atomic E-state index is -1.38. The van der Waals surface area contributed by atoms with E-state index in [-0.39, 0.29) is 64.3 Å². The van der Waals surface area contributed by atoms with Gasteiger partial charge in [0.15, 0.2) is 0 Å². The fraction of sp³-hybridized carbons (Fsp3) is 0.643. The summed E-state index contributed by atoms with van der Waals surface area (Å²) < 4.78 is 0. The number of aliphatic hydroxyl groups is 1. The summed E-state index contributed by atoms with van der Waals surface area (Å²) in [6, 6.07) is -0.340. The Morgan fingerprint density at radius 1 is 1.48 bits per heavy atom. The minimum Gasteiger partial charge on any atom is -0.543 e. The molecule has 3 rings (SSSR count). The molecule has 0 aliphatic carbocycles. The number of thioether (sulfide) groups is 1. The van der Waals surface area contributed by atoms with E-state index in [2.05, 4.69) is 5.32 Å². The van der Waals surface area contributed by atoms with Crippen molar-refractivity contribution < 1.29 is 54.2 Å². The first-order chi connectivity index (χ1) is 10.3. The molecule has 23 heavy (non-hydrogen) atoms. The molecule has 0 aromatic rings. The van der Waals surface area contributed by atoms with E-state index >= 15 is 0 Å². The van der Waals surface area contributed by atoms with Gasteiger partial charge in [0.25, 0.3) is 0 Å². The Kier molecular flexibility index (Phi) is 5.52. The monoisotopic (exact) mass is 348 g/mol. The normalized spacial score (nSPS) is 33.8. The molecule has 9 heteroatoms. The fourth-order valence-corrected chi connectivity index (χ4v) is 4.92. The molecular weight excluding hydrogens is 331 g/mol. The van der Waals surface area contributed by atoms with E-state index in [0.29, 0.717) is 17.9 Å². The standard InChI is InChI=1S/C14H18N2O5S.Na/c1-5-10-9(6(2)17)13(19)16(10)11(14(20)21)12(5)22-7-3-8(18)15-4-7;/h5-7,9-10,17H,3-4H2,1-2H3,(H,15,18)(H,20,21);/q;+1/p-1/t5-,6-,7?,9-,10-;/m1./s1. The molecule has 0 bridgehead atoms. The summed E-state index contributed by atoms with van der Waals surface area (Å²) >= 11 is 1.33. The summed E-state index contributed by atoms with van der Waals surface area (Å²) in [7, 11) is 0. The number of nitrogens with one attached hydrogen (secondary N) is 1. The molecule has 0 aromatic carbocycles. The molecule has 2 amide bonds. The Labute approximate surface area is 160 Å². The predicted octanol–water partition coefficient (Wildman–Crippen LogP) is -4.57. The molecule has 2 N–H and O–H groups in total. The van der Waals surface area contributed by atoms with Crippen molar-refractivity contribution in [2.45, 2.75) is 37.7 Å². The Morgan fingerprint density at radius 2 is 2.13 bits per heavy atom. The van der Waals surface area contributed by atoms with Crippen LogP contribution in [0.1, 0.15) is 20.3 Å². The number of fused-ring (bicyclic) bond motifs is 1. The number of carboxylic acids is 1. The van der Waals surface area contributed by atoms with Crippen molar-refractivity contribution in [3.63, 3.8) is 0 Å². The number of hydrogen-bond donors (Lipinski definition) is 2. The van der Waals surface area contributed by atoms with Crippen molar-refractivity contribution in [1.82, 2.24) is 10.2 Å².